The van der Waals surface area contributed by atoms with Crippen LogP contribution in [0.4, 0.5) is 0 Å². The third-order valence-electron chi connectivity index (χ3n) is 4.68. The van der Waals surface area contributed by atoms with E-state index in [0.29, 0.717) is 17.1 Å². The van der Waals surface area contributed by atoms with E-state index in [4.69, 9.17) is 16.3 Å². The van der Waals surface area contributed by atoms with Crippen LogP contribution in [-0.2, 0) is 6.54 Å². The molecule has 2 heterocycles. The van der Waals surface area contributed by atoms with Gasteiger partial charge in [-0.15, -0.1) is 5.10 Å². The van der Waals surface area contributed by atoms with Crippen molar-refractivity contribution in [3.63, 3.8) is 0 Å². The molecule has 0 unspecified atom stereocenters. The number of aromatic nitrogens is 3. The average Bonchev–Trinajstić information content (AvgIpc) is 3.09. The molecular weight excluding hydrogens is 364 g/mol. The zero-order valence-electron chi connectivity index (χ0n) is 14.9. The second-order valence-corrected chi connectivity index (χ2v) is 6.92. The molecule has 0 aliphatic carbocycles. The fourth-order valence-corrected chi connectivity index (χ4v) is 3.23. The van der Waals surface area contributed by atoms with E-state index in [1.807, 2.05) is 47.5 Å². The van der Waals surface area contributed by atoms with Gasteiger partial charge in [0.15, 0.2) is 0 Å². The molecule has 1 saturated heterocycles. The fraction of sp³-hybridized carbons (Fsp3) is 0.250. The molecule has 3 aromatic rings. The zero-order chi connectivity index (χ0) is 18.8. The number of rotatable bonds is 5. The average molecular weight is 383 g/mol. The number of carbonyl (C=O) groups excluding carboxylic acids is 1. The van der Waals surface area contributed by atoms with Crippen LogP contribution in [0.3, 0.4) is 0 Å². The highest BCUT2D eigenvalue weighted by atomic mass is 35.5. The van der Waals surface area contributed by atoms with Crippen LogP contribution in [-0.4, -0.2) is 46.0 Å². The zero-order valence-corrected chi connectivity index (χ0v) is 15.7. The summed E-state index contributed by atoms with van der Waals surface area (Å²) in [7, 11) is 1.63. The van der Waals surface area contributed by atoms with Crippen LogP contribution in [0, 0.1) is 0 Å². The highest BCUT2D eigenvalue weighted by Gasteiger charge is 2.21. The number of hydrogen-bond donors (Lipinski definition) is 0. The minimum Gasteiger partial charge on any atom is -0.496 e. The lowest BCUT2D eigenvalue weighted by atomic mass is 10.1. The van der Waals surface area contributed by atoms with Gasteiger partial charge in [0.25, 0.3) is 5.91 Å². The third-order valence-corrected chi connectivity index (χ3v) is 4.92. The van der Waals surface area contributed by atoms with Crippen molar-refractivity contribution in [3.8, 4) is 17.0 Å². The van der Waals surface area contributed by atoms with Crippen LogP contribution in [0.15, 0.2) is 48.7 Å². The second-order valence-electron chi connectivity index (χ2n) is 6.48. The maximum absolute atomic E-state index is 12.2. The number of carbonyl (C=O) groups is 1. The van der Waals surface area contributed by atoms with E-state index in [1.54, 1.807) is 17.9 Å². The van der Waals surface area contributed by atoms with Crippen LogP contribution in [0.1, 0.15) is 22.3 Å². The van der Waals surface area contributed by atoms with E-state index in [1.165, 1.54) is 0 Å². The topological polar surface area (TPSA) is 60.2 Å². The molecule has 1 aliphatic rings. The molecular formula is C20H19ClN4O2. The predicted molar refractivity (Wildman–Crippen MR) is 103 cm³/mol. The number of likely N-dealkylation sites (tertiary alicyclic amines) is 1. The predicted octanol–water partition coefficient (Wildman–Crippen LogP) is 3.50. The molecule has 0 atom stereocenters. The Morgan fingerprint density at radius 1 is 1.19 bits per heavy atom. The molecule has 4 rings (SSSR count). The monoisotopic (exact) mass is 382 g/mol. The van der Waals surface area contributed by atoms with Crippen LogP contribution < -0.4 is 4.74 Å². The van der Waals surface area contributed by atoms with E-state index >= 15 is 0 Å². The molecule has 0 radical (unpaired) electrons. The SMILES string of the molecule is COc1ccc(Cl)cc1Cn1cc(-c2ccc(C(=O)N3CCC3)cc2)nn1. The number of benzene rings is 2. The Labute approximate surface area is 162 Å². The minimum atomic E-state index is 0.0875. The normalized spacial score (nSPS) is 13.3. The van der Waals surface area contributed by atoms with Gasteiger partial charge in [0.1, 0.15) is 11.4 Å². The van der Waals surface area contributed by atoms with Gasteiger partial charge in [-0.3, -0.25) is 4.79 Å². The Balaban J connectivity index is 1.51. The Morgan fingerprint density at radius 3 is 2.63 bits per heavy atom. The number of nitrogens with zero attached hydrogens (tertiary/aromatic N) is 4. The molecule has 0 N–H and O–H groups in total. The quantitative estimate of drug-likeness (QED) is 0.677. The Morgan fingerprint density at radius 2 is 1.96 bits per heavy atom. The summed E-state index contributed by atoms with van der Waals surface area (Å²) in [4.78, 5) is 14.1. The van der Waals surface area contributed by atoms with Gasteiger partial charge in [0.2, 0.25) is 0 Å². The Bertz CT molecular complexity index is 964. The van der Waals surface area contributed by atoms with Crippen molar-refractivity contribution in [1.82, 2.24) is 19.9 Å². The number of ether oxygens (including phenoxy) is 1. The van der Waals surface area contributed by atoms with E-state index < -0.39 is 0 Å². The Hall–Kier alpha value is -2.86. The van der Waals surface area contributed by atoms with Crippen LogP contribution in [0.25, 0.3) is 11.3 Å². The summed E-state index contributed by atoms with van der Waals surface area (Å²) in [6.07, 6.45) is 2.96. The molecule has 1 fully saturated rings. The maximum Gasteiger partial charge on any atom is 0.253 e. The first-order valence-corrected chi connectivity index (χ1v) is 9.14. The molecule has 1 amide bonds. The number of methoxy groups -OCH3 is 1. The summed E-state index contributed by atoms with van der Waals surface area (Å²) in [6, 6.07) is 13.0. The van der Waals surface area contributed by atoms with E-state index in [0.717, 1.165) is 42.1 Å². The van der Waals surface area contributed by atoms with Gasteiger partial charge in [0.05, 0.1) is 19.9 Å². The number of hydrogen-bond acceptors (Lipinski definition) is 4. The standard InChI is InChI=1S/C20H19ClN4O2/c1-27-19-8-7-17(21)11-16(19)12-25-13-18(22-23-25)14-3-5-15(6-4-14)20(26)24-9-2-10-24/h3-8,11,13H,2,9-10,12H2,1H3. The molecule has 7 heteroatoms. The van der Waals surface area contributed by atoms with Gasteiger partial charge in [-0.2, -0.15) is 0 Å². The highest BCUT2D eigenvalue weighted by molar-refractivity contribution is 6.30. The molecule has 2 aromatic carbocycles. The first-order chi connectivity index (χ1) is 13.1. The summed E-state index contributed by atoms with van der Waals surface area (Å²) >= 11 is 6.09. The van der Waals surface area contributed by atoms with Gasteiger partial charge in [-0.05, 0) is 36.8 Å². The molecule has 0 saturated carbocycles. The summed E-state index contributed by atoms with van der Waals surface area (Å²) in [5.41, 5.74) is 3.30. The van der Waals surface area contributed by atoms with Crippen molar-refractivity contribution in [2.75, 3.05) is 20.2 Å². The smallest absolute Gasteiger partial charge is 0.253 e. The largest absolute Gasteiger partial charge is 0.496 e. The molecule has 0 spiro atoms. The molecule has 1 aromatic heterocycles. The molecule has 138 valence electrons. The highest BCUT2D eigenvalue weighted by Crippen LogP contribution is 2.24. The first-order valence-electron chi connectivity index (χ1n) is 8.76. The van der Waals surface area contributed by atoms with Crippen molar-refractivity contribution in [3.05, 3.63) is 64.8 Å². The van der Waals surface area contributed by atoms with Crippen molar-refractivity contribution in [2.24, 2.45) is 0 Å². The van der Waals surface area contributed by atoms with Crippen LogP contribution in [0.5, 0.6) is 5.75 Å². The van der Waals surface area contributed by atoms with E-state index in [2.05, 4.69) is 10.3 Å². The van der Waals surface area contributed by atoms with E-state index in [-0.39, 0.29) is 5.91 Å². The summed E-state index contributed by atoms with van der Waals surface area (Å²) < 4.78 is 7.12. The third kappa shape index (κ3) is 3.66. The van der Waals surface area contributed by atoms with Crippen molar-refractivity contribution in [1.29, 1.82) is 0 Å². The lowest BCUT2D eigenvalue weighted by Crippen LogP contribution is -2.41. The Kier molecular flexibility index (Phi) is 4.81. The summed E-state index contributed by atoms with van der Waals surface area (Å²) in [5.74, 6) is 0.842. The maximum atomic E-state index is 12.2. The summed E-state index contributed by atoms with van der Waals surface area (Å²) in [6.45, 7) is 2.20. The molecule has 0 bridgehead atoms. The second kappa shape index (κ2) is 7.40. The van der Waals surface area contributed by atoms with Crippen LogP contribution in [0.2, 0.25) is 5.02 Å². The minimum absolute atomic E-state index is 0.0875. The number of amides is 1. The van der Waals surface area contributed by atoms with Gasteiger partial charge in [0, 0.05) is 34.8 Å². The molecule has 6 nitrogen and oxygen atoms in total. The molecule has 27 heavy (non-hydrogen) atoms. The van der Waals surface area contributed by atoms with Crippen molar-refractivity contribution < 1.29 is 9.53 Å². The van der Waals surface area contributed by atoms with Crippen molar-refractivity contribution >= 4 is 17.5 Å². The number of halogens is 1. The fourth-order valence-electron chi connectivity index (χ4n) is 3.04. The molecule has 1 aliphatic heterocycles. The van der Waals surface area contributed by atoms with Gasteiger partial charge in [-0.25, -0.2) is 4.68 Å². The van der Waals surface area contributed by atoms with Gasteiger partial charge >= 0.3 is 0 Å². The van der Waals surface area contributed by atoms with Crippen molar-refractivity contribution in [2.45, 2.75) is 13.0 Å². The van der Waals surface area contributed by atoms with Crippen LogP contribution >= 0.6 is 11.6 Å². The summed E-state index contributed by atoms with van der Waals surface area (Å²) in [5, 5.41) is 9.08. The lowest BCUT2D eigenvalue weighted by molar-refractivity contribution is 0.0652. The van der Waals surface area contributed by atoms with E-state index in [9.17, 15) is 4.79 Å². The van der Waals surface area contributed by atoms with Gasteiger partial charge < -0.3 is 9.64 Å². The van der Waals surface area contributed by atoms with Gasteiger partial charge in [-0.1, -0.05) is 28.9 Å². The first kappa shape index (κ1) is 17.5. The lowest BCUT2D eigenvalue weighted by Gasteiger charge is -2.30.